The first-order chi connectivity index (χ1) is 11.7. The minimum Gasteiger partial charge on any atom is -0.444 e. The number of rotatable bonds is 5. The molecule has 3 atom stereocenters. The number of hydrogen-bond acceptors (Lipinski definition) is 3. The van der Waals surface area contributed by atoms with Crippen molar-refractivity contribution in [3.8, 4) is 0 Å². The van der Waals surface area contributed by atoms with Crippen LogP contribution >= 0.6 is 0 Å². The van der Waals surface area contributed by atoms with Gasteiger partial charge in [-0.3, -0.25) is 0 Å². The maximum absolute atomic E-state index is 12.3. The molecule has 0 spiro atoms. The molecule has 0 aromatic carbocycles. The molecule has 0 radical (unpaired) electrons. The number of piperidine rings is 1. The van der Waals surface area contributed by atoms with E-state index in [2.05, 4.69) is 19.2 Å². The molecule has 1 aliphatic carbocycles. The highest BCUT2D eigenvalue weighted by Gasteiger charge is 2.28. The van der Waals surface area contributed by atoms with E-state index >= 15 is 0 Å². The summed E-state index contributed by atoms with van der Waals surface area (Å²) < 4.78 is 5.53. The van der Waals surface area contributed by atoms with Crippen molar-refractivity contribution in [2.75, 3.05) is 19.6 Å². The summed E-state index contributed by atoms with van der Waals surface area (Å²) in [6.07, 6.45) is 8.81. The fourth-order valence-electron chi connectivity index (χ4n) is 4.30. The van der Waals surface area contributed by atoms with Crippen LogP contribution < -0.4 is 5.32 Å². The Balaban J connectivity index is 1.69. The number of nitrogens with one attached hydrogen (secondary N) is 1. The molecular formula is C21H40N2O2. The summed E-state index contributed by atoms with van der Waals surface area (Å²) in [5.41, 5.74) is -0.403. The van der Waals surface area contributed by atoms with Gasteiger partial charge in [-0.05, 0) is 77.2 Å². The Labute approximate surface area is 155 Å². The minimum atomic E-state index is -0.403. The van der Waals surface area contributed by atoms with Crippen molar-refractivity contribution in [3.05, 3.63) is 0 Å². The summed E-state index contributed by atoms with van der Waals surface area (Å²) >= 11 is 0. The zero-order valence-electron chi connectivity index (χ0n) is 17.1. The van der Waals surface area contributed by atoms with E-state index in [9.17, 15) is 4.79 Å². The molecule has 1 saturated heterocycles. The van der Waals surface area contributed by atoms with E-state index in [4.69, 9.17) is 4.74 Å². The number of nitrogens with zero attached hydrogens (tertiary/aromatic N) is 1. The Morgan fingerprint density at radius 2 is 1.96 bits per heavy atom. The predicted molar refractivity (Wildman–Crippen MR) is 104 cm³/mol. The van der Waals surface area contributed by atoms with Gasteiger partial charge in [0.1, 0.15) is 5.60 Å². The molecule has 0 aromatic heterocycles. The van der Waals surface area contributed by atoms with Crippen LogP contribution in [0.3, 0.4) is 0 Å². The van der Waals surface area contributed by atoms with Crippen molar-refractivity contribution in [2.24, 2.45) is 17.8 Å². The molecule has 3 unspecified atom stereocenters. The van der Waals surface area contributed by atoms with Crippen LogP contribution in [-0.2, 0) is 4.74 Å². The third-order valence-electron chi connectivity index (χ3n) is 5.81. The van der Waals surface area contributed by atoms with Crippen LogP contribution in [0.5, 0.6) is 0 Å². The topological polar surface area (TPSA) is 41.6 Å². The molecule has 2 aliphatic rings. The summed E-state index contributed by atoms with van der Waals surface area (Å²) in [7, 11) is 0. The SMILES string of the molecule is CC(C)C1CCCC(NCCC2CCCN(C(=O)OC(C)(C)C)C2)C1. The van der Waals surface area contributed by atoms with Crippen molar-refractivity contribution in [1.82, 2.24) is 10.2 Å². The normalized spacial score (nSPS) is 28.2. The van der Waals surface area contributed by atoms with E-state index in [1.54, 1.807) is 0 Å². The fourth-order valence-corrected chi connectivity index (χ4v) is 4.30. The maximum Gasteiger partial charge on any atom is 0.410 e. The van der Waals surface area contributed by atoms with E-state index in [1.165, 1.54) is 38.5 Å². The highest BCUT2D eigenvalue weighted by molar-refractivity contribution is 5.68. The lowest BCUT2D eigenvalue weighted by molar-refractivity contribution is 0.0161. The molecule has 1 amide bonds. The van der Waals surface area contributed by atoms with Gasteiger partial charge in [-0.2, -0.15) is 0 Å². The van der Waals surface area contributed by atoms with E-state index < -0.39 is 5.60 Å². The standard InChI is InChI=1S/C21H40N2O2/c1-16(2)18-9-6-10-19(14-18)22-12-11-17-8-7-13-23(15-17)20(24)25-21(3,4)5/h16-19,22H,6-15H2,1-5H3. The highest BCUT2D eigenvalue weighted by atomic mass is 16.6. The average Bonchev–Trinajstić information content (AvgIpc) is 2.54. The maximum atomic E-state index is 12.3. The first kappa shape index (κ1) is 20.5. The van der Waals surface area contributed by atoms with Gasteiger partial charge in [-0.1, -0.05) is 26.7 Å². The monoisotopic (exact) mass is 352 g/mol. The van der Waals surface area contributed by atoms with Crippen LogP contribution in [0.25, 0.3) is 0 Å². The quantitative estimate of drug-likeness (QED) is 0.770. The van der Waals surface area contributed by atoms with Crippen molar-refractivity contribution in [3.63, 3.8) is 0 Å². The average molecular weight is 353 g/mol. The lowest BCUT2D eigenvalue weighted by atomic mass is 9.79. The van der Waals surface area contributed by atoms with E-state index in [0.29, 0.717) is 12.0 Å². The van der Waals surface area contributed by atoms with Gasteiger partial charge in [0.25, 0.3) is 0 Å². The Hall–Kier alpha value is -0.770. The Kier molecular flexibility index (Phi) is 7.60. The molecule has 4 nitrogen and oxygen atoms in total. The van der Waals surface area contributed by atoms with Gasteiger partial charge in [0.2, 0.25) is 0 Å². The molecule has 2 fully saturated rings. The summed E-state index contributed by atoms with van der Waals surface area (Å²) in [5.74, 6) is 2.31. The molecular weight excluding hydrogens is 312 g/mol. The van der Waals surface area contributed by atoms with Gasteiger partial charge < -0.3 is 15.0 Å². The van der Waals surface area contributed by atoms with E-state index in [-0.39, 0.29) is 6.09 Å². The minimum absolute atomic E-state index is 0.141. The second-order valence-electron chi connectivity index (χ2n) is 9.55. The molecule has 1 saturated carbocycles. The van der Waals surface area contributed by atoms with Crippen LogP contribution in [0.15, 0.2) is 0 Å². The predicted octanol–water partition coefficient (Wildman–Crippen LogP) is 4.83. The second kappa shape index (κ2) is 9.25. The molecule has 25 heavy (non-hydrogen) atoms. The Bertz CT molecular complexity index is 417. The smallest absolute Gasteiger partial charge is 0.410 e. The zero-order chi connectivity index (χ0) is 18.4. The lowest BCUT2D eigenvalue weighted by Gasteiger charge is -2.35. The number of ether oxygens (including phenoxy) is 1. The molecule has 1 aliphatic heterocycles. The van der Waals surface area contributed by atoms with Gasteiger partial charge in [0, 0.05) is 19.1 Å². The van der Waals surface area contributed by atoms with Gasteiger partial charge >= 0.3 is 6.09 Å². The Morgan fingerprint density at radius 3 is 2.64 bits per heavy atom. The third kappa shape index (κ3) is 7.16. The highest BCUT2D eigenvalue weighted by Crippen LogP contribution is 2.30. The molecule has 146 valence electrons. The van der Waals surface area contributed by atoms with Gasteiger partial charge in [-0.25, -0.2) is 4.79 Å². The Morgan fingerprint density at radius 1 is 1.20 bits per heavy atom. The number of carbonyl (C=O) groups excluding carboxylic acids is 1. The first-order valence-electron chi connectivity index (χ1n) is 10.5. The van der Waals surface area contributed by atoms with Crippen LogP contribution in [-0.4, -0.2) is 42.3 Å². The second-order valence-corrected chi connectivity index (χ2v) is 9.55. The van der Waals surface area contributed by atoms with Gasteiger partial charge in [0.15, 0.2) is 0 Å². The summed E-state index contributed by atoms with van der Waals surface area (Å²) in [5, 5.41) is 3.80. The third-order valence-corrected chi connectivity index (χ3v) is 5.81. The molecule has 0 bridgehead atoms. The number of carbonyl (C=O) groups is 1. The van der Waals surface area contributed by atoms with Crippen LogP contribution in [0, 0.1) is 17.8 Å². The van der Waals surface area contributed by atoms with Crippen molar-refractivity contribution in [1.29, 1.82) is 0 Å². The molecule has 1 heterocycles. The number of likely N-dealkylation sites (tertiary alicyclic amines) is 1. The molecule has 4 heteroatoms. The van der Waals surface area contributed by atoms with Crippen molar-refractivity contribution in [2.45, 2.75) is 91.2 Å². The summed E-state index contributed by atoms with van der Waals surface area (Å²) in [4.78, 5) is 14.2. The van der Waals surface area contributed by atoms with Crippen LogP contribution in [0.4, 0.5) is 4.79 Å². The largest absolute Gasteiger partial charge is 0.444 e. The van der Waals surface area contributed by atoms with Gasteiger partial charge in [0.05, 0.1) is 0 Å². The van der Waals surface area contributed by atoms with Gasteiger partial charge in [-0.15, -0.1) is 0 Å². The first-order valence-corrected chi connectivity index (χ1v) is 10.5. The fraction of sp³-hybridized carbons (Fsp3) is 0.952. The molecule has 0 aromatic rings. The number of amides is 1. The molecule has 2 rings (SSSR count). The summed E-state index contributed by atoms with van der Waals surface area (Å²) in [6, 6.07) is 0.701. The van der Waals surface area contributed by atoms with E-state index in [0.717, 1.165) is 37.9 Å². The van der Waals surface area contributed by atoms with Crippen LogP contribution in [0.2, 0.25) is 0 Å². The number of hydrogen-bond donors (Lipinski definition) is 1. The van der Waals surface area contributed by atoms with Crippen molar-refractivity contribution < 1.29 is 9.53 Å². The zero-order valence-corrected chi connectivity index (χ0v) is 17.1. The van der Waals surface area contributed by atoms with Crippen LogP contribution in [0.1, 0.15) is 79.6 Å². The van der Waals surface area contributed by atoms with Crippen molar-refractivity contribution >= 4 is 6.09 Å². The molecule has 1 N–H and O–H groups in total. The van der Waals surface area contributed by atoms with E-state index in [1.807, 2.05) is 25.7 Å². The summed E-state index contributed by atoms with van der Waals surface area (Å²) in [6.45, 7) is 13.3. The lowest BCUT2D eigenvalue weighted by Crippen LogP contribution is -2.44.